The molecule has 0 aliphatic carbocycles. The van der Waals surface area contributed by atoms with E-state index in [1.54, 1.807) is 25.6 Å². The number of hydrogen-bond acceptors (Lipinski definition) is 4. The van der Waals surface area contributed by atoms with Gasteiger partial charge in [0.05, 0.1) is 0 Å². The van der Waals surface area contributed by atoms with Crippen LogP contribution < -0.4 is 5.73 Å². The van der Waals surface area contributed by atoms with Gasteiger partial charge in [0.15, 0.2) is 0 Å². The summed E-state index contributed by atoms with van der Waals surface area (Å²) in [6.45, 7) is 0. The van der Waals surface area contributed by atoms with Gasteiger partial charge in [-0.05, 0) is 11.6 Å². The second-order valence-corrected chi connectivity index (χ2v) is 4.02. The van der Waals surface area contributed by atoms with Crippen LogP contribution in [-0.4, -0.2) is 17.2 Å². The Balaban J connectivity index is 2.32. The van der Waals surface area contributed by atoms with E-state index >= 15 is 0 Å². The minimum Gasteiger partial charge on any atom is -0.398 e. The highest BCUT2D eigenvalue weighted by atomic mass is 16.5. The molecule has 1 aromatic carbocycles. The third-order valence-corrected chi connectivity index (χ3v) is 2.87. The van der Waals surface area contributed by atoms with Crippen LogP contribution in [0.4, 0.5) is 5.69 Å². The minimum absolute atomic E-state index is 0.460. The molecule has 2 atom stereocenters. The van der Waals surface area contributed by atoms with E-state index in [0.717, 1.165) is 5.56 Å². The van der Waals surface area contributed by atoms with Gasteiger partial charge in [0, 0.05) is 30.8 Å². The summed E-state index contributed by atoms with van der Waals surface area (Å²) in [7, 11) is 1.56. The van der Waals surface area contributed by atoms with Crippen LogP contribution in [0.1, 0.15) is 23.3 Å². The first-order chi connectivity index (χ1) is 8.74. The summed E-state index contributed by atoms with van der Waals surface area (Å²) < 4.78 is 5.37. The van der Waals surface area contributed by atoms with Gasteiger partial charge >= 0.3 is 0 Å². The number of methoxy groups -OCH3 is 1. The van der Waals surface area contributed by atoms with E-state index in [9.17, 15) is 5.11 Å². The third-order valence-electron chi connectivity index (χ3n) is 2.87. The Bertz CT molecular complexity index is 502. The minimum atomic E-state index is -0.842. The van der Waals surface area contributed by atoms with Crippen LogP contribution in [0.2, 0.25) is 0 Å². The molecule has 0 radical (unpaired) electrons. The molecule has 0 spiro atoms. The summed E-state index contributed by atoms with van der Waals surface area (Å²) in [6, 6.07) is 11.2. The van der Waals surface area contributed by atoms with Crippen molar-refractivity contribution in [2.75, 3.05) is 12.8 Å². The quantitative estimate of drug-likeness (QED) is 0.864. The molecule has 4 nitrogen and oxygen atoms in total. The van der Waals surface area contributed by atoms with Crippen LogP contribution in [0.3, 0.4) is 0 Å². The van der Waals surface area contributed by atoms with Crippen LogP contribution in [0.5, 0.6) is 0 Å². The predicted molar refractivity (Wildman–Crippen MR) is 69.8 cm³/mol. The Kier molecular flexibility index (Phi) is 3.92. The molecule has 0 fully saturated rings. The molecule has 1 aromatic heterocycles. The van der Waals surface area contributed by atoms with E-state index in [-0.39, 0.29) is 0 Å². The van der Waals surface area contributed by atoms with Gasteiger partial charge in [-0.3, -0.25) is 4.98 Å². The van der Waals surface area contributed by atoms with Crippen molar-refractivity contribution in [2.24, 2.45) is 0 Å². The highest BCUT2D eigenvalue weighted by molar-refractivity contribution is 5.46. The van der Waals surface area contributed by atoms with Crippen LogP contribution >= 0.6 is 0 Å². The molecular formula is C14H16N2O2. The number of pyridine rings is 1. The van der Waals surface area contributed by atoms with Gasteiger partial charge in [-0.2, -0.15) is 0 Å². The van der Waals surface area contributed by atoms with Crippen molar-refractivity contribution >= 4 is 5.69 Å². The Hall–Kier alpha value is -1.91. The molecule has 3 N–H and O–H groups in total. The second-order valence-electron chi connectivity index (χ2n) is 4.02. The van der Waals surface area contributed by atoms with Crippen molar-refractivity contribution < 1.29 is 9.84 Å². The zero-order valence-corrected chi connectivity index (χ0v) is 10.2. The number of hydrogen-bond donors (Lipinski definition) is 2. The average Bonchev–Trinajstić information content (AvgIpc) is 2.41. The van der Waals surface area contributed by atoms with Crippen LogP contribution in [-0.2, 0) is 4.74 Å². The smallest absolute Gasteiger partial charge is 0.113 e. The van der Waals surface area contributed by atoms with Crippen molar-refractivity contribution in [3.05, 3.63) is 59.9 Å². The zero-order chi connectivity index (χ0) is 13.0. The van der Waals surface area contributed by atoms with Gasteiger partial charge in [-0.25, -0.2) is 0 Å². The maximum atomic E-state index is 10.4. The largest absolute Gasteiger partial charge is 0.398 e. The summed E-state index contributed by atoms with van der Waals surface area (Å²) in [6.07, 6.45) is 1.86. The van der Waals surface area contributed by atoms with Crippen molar-refractivity contribution in [3.63, 3.8) is 0 Å². The molecule has 2 rings (SSSR count). The van der Waals surface area contributed by atoms with Gasteiger partial charge in [0.1, 0.15) is 12.2 Å². The molecule has 18 heavy (non-hydrogen) atoms. The van der Waals surface area contributed by atoms with Gasteiger partial charge in [-0.15, -0.1) is 0 Å². The number of benzene rings is 1. The van der Waals surface area contributed by atoms with E-state index in [1.807, 2.05) is 30.3 Å². The number of nitrogen functional groups attached to an aromatic ring is 1. The number of aliphatic hydroxyl groups excluding tert-OH is 1. The standard InChI is InChI=1S/C14H16N2O2/c1-18-14(10-5-3-2-4-6-10)13(17)11-9-16-8-7-12(11)15/h2-9,13-14,17H,1H3,(H2,15,16). The lowest BCUT2D eigenvalue weighted by Gasteiger charge is -2.23. The van der Waals surface area contributed by atoms with E-state index in [1.165, 1.54) is 0 Å². The fourth-order valence-corrected chi connectivity index (χ4v) is 1.92. The van der Waals surface area contributed by atoms with Crippen LogP contribution in [0.25, 0.3) is 0 Å². The van der Waals surface area contributed by atoms with Crippen molar-refractivity contribution in [1.29, 1.82) is 0 Å². The highest BCUT2D eigenvalue weighted by Crippen LogP contribution is 2.33. The van der Waals surface area contributed by atoms with E-state index in [0.29, 0.717) is 11.3 Å². The first kappa shape index (κ1) is 12.5. The first-order valence-electron chi connectivity index (χ1n) is 5.69. The lowest BCUT2D eigenvalue weighted by Crippen LogP contribution is -2.14. The number of rotatable bonds is 4. The first-order valence-corrected chi connectivity index (χ1v) is 5.69. The second kappa shape index (κ2) is 5.62. The molecule has 0 saturated heterocycles. The van der Waals surface area contributed by atoms with Crippen LogP contribution in [0.15, 0.2) is 48.8 Å². The topological polar surface area (TPSA) is 68.4 Å². The summed E-state index contributed by atoms with van der Waals surface area (Å²) in [5.74, 6) is 0. The summed E-state index contributed by atoms with van der Waals surface area (Å²) in [5, 5.41) is 10.4. The molecule has 0 saturated carbocycles. The van der Waals surface area contributed by atoms with E-state index in [2.05, 4.69) is 4.98 Å². The van der Waals surface area contributed by atoms with E-state index < -0.39 is 12.2 Å². The number of anilines is 1. The fourth-order valence-electron chi connectivity index (χ4n) is 1.92. The van der Waals surface area contributed by atoms with Crippen molar-refractivity contribution in [2.45, 2.75) is 12.2 Å². The van der Waals surface area contributed by atoms with Gasteiger partial charge < -0.3 is 15.6 Å². The Morgan fingerprint density at radius 1 is 1.22 bits per heavy atom. The third kappa shape index (κ3) is 2.50. The number of aromatic nitrogens is 1. The maximum Gasteiger partial charge on any atom is 0.113 e. The molecule has 0 bridgehead atoms. The average molecular weight is 244 g/mol. The molecule has 0 aliphatic heterocycles. The predicted octanol–water partition coefficient (Wildman–Crippen LogP) is 2.08. The lowest BCUT2D eigenvalue weighted by atomic mass is 9.98. The summed E-state index contributed by atoms with van der Waals surface area (Å²) >= 11 is 0. The molecular weight excluding hydrogens is 228 g/mol. The monoisotopic (exact) mass is 244 g/mol. The number of ether oxygens (including phenoxy) is 1. The molecule has 1 heterocycles. The molecule has 94 valence electrons. The van der Waals surface area contributed by atoms with Gasteiger partial charge in [-0.1, -0.05) is 30.3 Å². The van der Waals surface area contributed by atoms with Crippen LogP contribution in [0, 0.1) is 0 Å². The number of nitrogens with two attached hydrogens (primary N) is 1. The SMILES string of the molecule is COC(c1ccccc1)C(O)c1cnccc1N. The maximum absolute atomic E-state index is 10.4. The van der Waals surface area contributed by atoms with Gasteiger partial charge in [0.25, 0.3) is 0 Å². The number of nitrogens with zero attached hydrogens (tertiary/aromatic N) is 1. The highest BCUT2D eigenvalue weighted by Gasteiger charge is 2.24. The van der Waals surface area contributed by atoms with E-state index in [4.69, 9.17) is 10.5 Å². The molecule has 0 amide bonds. The van der Waals surface area contributed by atoms with Gasteiger partial charge in [0.2, 0.25) is 0 Å². The summed E-state index contributed by atoms with van der Waals surface area (Å²) in [4.78, 5) is 3.98. The molecule has 2 unspecified atom stereocenters. The molecule has 2 aromatic rings. The normalized spacial score (nSPS) is 14.1. The number of aliphatic hydroxyl groups is 1. The fraction of sp³-hybridized carbons (Fsp3) is 0.214. The molecule has 0 aliphatic rings. The lowest BCUT2D eigenvalue weighted by molar-refractivity contribution is -0.0147. The Morgan fingerprint density at radius 2 is 1.94 bits per heavy atom. The summed E-state index contributed by atoms with van der Waals surface area (Å²) in [5.41, 5.74) is 7.82. The van der Waals surface area contributed by atoms with Crippen molar-refractivity contribution in [3.8, 4) is 0 Å². The Labute approximate surface area is 106 Å². The van der Waals surface area contributed by atoms with Crippen molar-refractivity contribution in [1.82, 2.24) is 4.98 Å². The zero-order valence-electron chi connectivity index (χ0n) is 10.2. The molecule has 4 heteroatoms. The Morgan fingerprint density at radius 3 is 2.56 bits per heavy atom.